The summed E-state index contributed by atoms with van der Waals surface area (Å²) in [4.78, 5) is 14.0. The van der Waals surface area contributed by atoms with E-state index in [2.05, 4.69) is 4.98 Å². The Labute approximate surface area is 95.6 Å². The van der Waals surface area contributed by atoms with E-state index < -0.39 is 4.92 Å². The zero-order valence-corrected chi connectivity index (χ0v) is 9.29. The van der Waals surface area contributed by atoms with E-state index in [0.29, 0.717) is 17.2 Å². The number of aromatic nitrogens is 1. The maximum atomic E-state index is 10.7. The second-order valence-electron chi connectivity index (χ2n) is 2.66. The van der Waals surface area contributed by atoms with E-state index in [1.54, 1.807) is 0 Å². The Morgan fingerprint density at radius 2 is 2.40 bits per heavy atom. The Morgan fingerprint density at radius 3 is 3.00 bits per heavy atom. The zero-order valence-electron chi connectivity index (χ0n) is 7.72. The summed E-state index contributed by atoms with van der Waals surface area (Å²) in [6.45, 7) is 0.0639. The molecule has 1 heterocycles. The van der Waals surface area contributed by atoms with Gasteiger partial charge >= 0.3 is 5.69 Å². The highest BCUT2D eigenvalue weighted by molar-refractivity contribution is 7.99. The lowest BCUT2D eigenvalue weighted by Crippen LogP contribution is -1.95. The molecule has 0 aliphatic rings. The summed E-state index contributed by atoms with van der Waals surface area (Å²) < 4.78 is 0. The molecule has 0 aliphatic carbocycles. The summed E-state index contributed by atoms with van der Waals surface area (Å²) in [5.41, 5.74) is -0.0922. The molecule has 0 saturated heterocycles. The van der Waals surface area contributed by atoms with Crippen LogP contribution >= 0.6 is 23.4 Å². The SMILES string of the molecule is O=[N+]([O-])c1cc(Cl)cnc1SCCCO. The number of rotatable bonds is 5. The van der Waals surface area contributed by atoms with Crippen LogP contribution in [0.5, 0.6) is 0 Å². The van der Waals surface area contributed by atoms with Gasteiger partial charge in [0.15, 0.2) is 5.03 Å². The van der Waals surface area contributed by atoms with Gasteiger partial charge in [0.1, 0.15) is 0 Å². The average Bonchev–Trinajstić information content (AvgIpc) is 2.20. The summed E-state index contributed by atoms with van der Waals surface area (Å²) >= 11 is 6.84. The van der Waals surface area contributed by atoms with Gasteiger partial charge in [-0.3, -0.25) is 10.1 Å². The number of aliphatic hydroxyl groups excluding tert-OH is 1. The largest absolute Gasteiger partial charge is 0.396 e. The van der Waals surface area contributed by atoms with Crippen LogP contribution < -0.4 is 0 Å². The molecule has 0 fully saturated rings. The van der Waals surface area contributed by atoms with Crippen molar-refractivity contribution >= 4 is 29.1 Å². The van der Waals surface area contributed by atoms with Crippen molar-refractivity contribution in [1.82, 2.24) is 4.98 Å². The summed E-state index contributed by atoms with van der Waals surface area (Å²) in [5.74, 6) is 0.589. The Balaban J connectivity index is 2.81. The van der Waals surface area contributed by atoms with Gasteiger partial charge < -0.3 is 5.11 Å². The van der Waals surface area contributed by atoms with E-state index in [4.69, 9.17) is 16.7 Å². The first-order chi connectivity index (χ1) is 7.15. The summed E-state index contributed by atoms with van der Waals surface area (Å²) in [7, 11) is 0. The second-order valence-corrected chi connectivity index (χ2v) is 4.18. The van der Waals surface area contributed by atoms with Gasteiger partial charge in [0, 0.05) is 24.6 Å². The number of pyridine rings is 1. The van der Waals surface area contributed by atoms with Crippen molar-refractivity contribution in [1.29, 1.82) is 0 Å². The van der Waals surface area contributed by atoms with Crippen LogP contribution in [0.3, 0.4) is 0 Å². The highest BCUT2D eigenvalue weighted by atomic mass is 35.5. The fraction of sp³-hybridized carbons (Fsp3) is 0.375. The molecule has 1 aromatic heterocycles. The maximum Gasteiger partial charge on any atom is 0.302 e. The number of nitro groups is 1. The highest BCUT2D eigenvalue weighted by Crippen LogP contribution is 2.29. The molecule has 82 valence electrons. The number of hydrogen-bond donors (Lipinski definition) is 1. The standard InChI is InChI=1S/C8H9ClN2O3S/c9-6-4-7(11(13)14)8(10-5-6)15-3-1-2-12/h4-5,12H,1-3H2. The summed E-state index contributed by atoms with van der Waals surface area (Å²) in [5, 5.41) is 19.8. The fourth-order valence-corrected chi connectivity index (χ4v) is 1.92. The second kappa shape index (κ2) is 5.89. The first kappa shape index (κ1) is 12.2. The molecule has 0 atom stereocenters. The number of nitrogens with zero attached hydrogens (tertiary/aromatic N) is 2. The van der Waals surface area contributed by atoms with Crippen molar-refractivity contribution in [2.24, 2.45) is 0 Å². The van der Waals surface area contributed by atoms with Crippen LogP contribution in [0, 0.1) is 10.1 Å². The van der Waals surface area contributed by atoms with Crippen LogP contribution in [0.4, 0.5) is 5.69 Å². The van der Waals surface area contributed by atoms with Gasteiger partial charge in [-0.2, -0.15) is 0 Å². The molecule has 0 radical (unpaired) electrons. The minimum Gasteiger partial charge on any atom is -0.396 e. The molecule has 0 unspecified atom stereocenters. The van der Waals surface area contributed by atoms with Gasteiger partial charge in [0.2, 0.25) is 0 Å². The fourth-order valence-electron chi connectivity index (χ4n) is 0.891. The lowest BCUT2D eigenvalue weighted by molar-refractivity contribution is -0.388. The van der Waals surface area contributed by atoms with E-state index in [-0.39, 0.29) is 17.3 Å². The molecule has 1 aromatic rings. The molecule has 1 rings (SSSR count). The van der Waals surface area contributed by atoms with Crippen molar-refractivity contribution in [3.05, 3.63) is 27.4 Å². The molecule has 0 bridgehead atoms. The van der Waals surface area contributed by atoms with Crippen LogP contribution in [0.25, 0.3) is 0 Å². The van der Waals surface area contributed by atoms with E-state index in [9.17, 15) is 10.1 Å². The number of halogens is 1. The van der Waals surface area contributed by atoms with Crippen LogP contribution in [0.2, 0.25) is 5.02 Å². The third kappa shape index (κ3) is 3.65. The molecule has 0 aromatic carbocycles. The van der Waals surface area contributed by atoms with Crippen molar-refractivity contribution < 1.29 is 10.0 Å². The van der Waals surface area contributed by atoms with Gasteiger partial charge in [-0.05, 0) is 6.42 Å². The Morgan fingerprint density at radius 1 is 1.67 bits per heavy atom. The zero-order chi connectivity index (χ0) is 11.3. The van der Waals surface area contributed by atoms with Crippen LogP contribution in [0.15, 0.2) is 17.3 Å². The Bertz CT molecular complexity index is 362. The molecular formula is C8H9ClN2O3S. The lowest BCUT2D eigenvalue weighted by Gasteiger charge is -2.01. The number of aliphatic hydroxyl groups is 1. The molecule has 0 amide bonds. The normalized spacial score (nSPS) is 10.3. The average molecular weight is 249 g/mol. The van der Waals surface area contributed by atoms with Gasteiger partial charge in [-0.15, -0.1) is 0 Å². The maximum absolute atomic E-state index is 10.7. The van der Waals surface area contributed by atoms with E-state index in [0.717, 1.165) is 0 Å². The summed E-state index contributed by atoms with van der Waals surface area (Å²) in [6.07, 6.45) is 1.95. The van der Waals surface area contributed by atoms with Crippen molar-refractivity contribution in [3.63, 3.8) is 0 Å². The molecular weight excluding hydrogens is 240 g/mol. The first-order valence-electron chi connectivity index (χ1n) is 4.18. The molecule has 1 N–H and O–H groups in total. The number of thioether (sulfide) groups is 1. The van der Waals surface area contributed by atoms with Crippen molar-refractivity contribution in [2.75, 3.05) is 12.4 Å². The van der Waals surface area contributed by atoms with Crippen molar-refractivity contribution in [3.8, 4) is 0 Å². The minimum absolute atomic E-state index is 0.0639. The molecule has 0 aliphatic heterocycles. The predicted molar refractivity (Wildman–Crippen MR) is 58.3 cm³/mol. The van der Waals surface area contributed by atoms with Gasteiger partial charge in [-0.25, -0.2) is 4.98 Å². The third-order valence-electron chi connectivity index (χ3n) is 1.54. The van der Waals surface area contributed by atoms with E-state index in [1.165, 1.54) is 24.0 Å². The topological polar surface area (TPSA) is 76.3 Å². The molecule has 7 heteroatoms. The summed E-state index contributed by atoms with van der Waals surface area (Å²) in [6, 6.07) is 1.27. The first-order valence-corrected chi connectivity index (χ1v) is 5.55. The third-order valence-corrected chi connectivity index (χ3v) is 2.82. The minimum atomic E-state index is -0.514. The highest BCUT2D eigenvalue weighted by Gasteiger charge is 2.15. The Kier molecular flexibility index (Phi) is 4.80. The van der Waals surface area contributed by atoms with Crippen LogP contribution in [-0.2, 0) is 0 Å². The Hall–Kier alpha value is -0.850. The van der Waals surface area contributed by atoms with Crippen LogP contribution in [0.1, 0.15) is 6.42 Å². The van der Waals surface area contributed by atoms with E-state index >= 15 is 0 Å². The molecule has 0 saturated carbocycles. The monoisotopic (exact) mass is 248 g/mol. The van der Waals surface area contributed by atoms with Gasteiger partial charge in [0.05, 0.1) is 9.95 Å². The molecule has 5 nitrogen and oxygen atoms in total. The molecule has 15 heavy (non-hydrogen) atoms. The van der Waals surface area contributed by atoms with Crippen LogP contribution in [-0.4, -0.2) is 27.4 Å². The smallest absolute Gasteiger partial charge is 0.302 e. The van der Waals surface area contributed by atoms with E-state index in [1.807, 2.05) is 0 Å². The van der Waals surface area contributed by atoms with Gasteiger partial charge in [0.25, 0.3) is 0 Å². The predicted octanol–water partition coefficient (Wildman–Crippen LogP) is 2.12. The van der Waals surface area contributed by atoms with Gasteiger partial charge in [-0.1, -0.05) is 23.4 Å². The van der Waals surface area contributed by atoms with Crippen molar-refractivity contribution in [2.45, 2.75) is 11.4 Å². The lowest BCUT2D eigenvalue weighted by atomic mass is 10.4. The molecule has 0 spiro atoms. The number of hydrogen-bond acceptors (Lipinski definition) is 5. The quantitative estimate of drug-likeness (QED) is 0.374.